The lowest BCUT2D eigenvalue weighted by molar-refractivity contribution is -0.313. The number of rotatable bonds is 4. The minimum atomic E-state index is -1.12. The standard InChI is InChI=1S/C18H19NO4/c1-23-13-5-3-2-4-12(13)19-16(20)14-10-6-7-11(15(14)17(21)22)18(10)8-9-18/h2-7,10-11,14-15H,8-9H2,1H3,(H,19,20)(H,21,22)/p-1/t10-,11+,14-,15+/m1/s1. The molecule has 120 valence electrons. The molecule has 2 saturated carbocycles. The highest BCUT2D eigenvalue weighted by Gasteiger charge is 2.68. The highest BCUT2D eigenvalue weighted by molar-refractivity contribution is 5.97. The molecule has 3 aliphatic carbocycles. The van der Waals surface area contributed by atoms with Gasteiger partial charge in [0.25, 0.3) is 0 Å². The first-order chi connectivity index (χ1) is 11.1. The van der Waals surface area contributed by atoms with Crippen molar-refractivity contribution >= 4 is 17.6 Å². The fourth-order valence-electron chi connectivity index (χ4n) is 4.64. The van der Waals surface area contributed by atoms with Crippen LogP contribution in [0.1, 0.15) is 12.8 Å². The second-order valence-corrected chi connectivity index (χ2v) is 6.73. The molecular weight excluding hydrogens is 294 g/mol. The van der Waals surface area contributed by atoms with Gasteiger partial charge in [-0.2, -0.15) is 0 Å². The molecule has 5 heteroatoms. The SMILES string of the molecule is COc1ccccc1NC(=O)[C@H]1[C@@H](C(=O)[O-])[C@@H]2C=C[C@H]1C21CC1. The Kier molecular flexibility index (Phi) is 3.01. The third-order valence-electron chi connectivity index (χ3n) is 5.78. The lowest BCUT2D eigenvalue weighted by Crippen LogP contribution is -2.42. The molecule has 0 aromatic heterocycles. The summed E-state index contributed by atoms with van der Waals surface area (Å²) in [5.41, 5.74) is 0.557. The largest absolute Gasteiger partial charge is 0.550 e. The van der Waals surface area contributed by atoms with Gasteiger partial charge in [0, 0.05) is 11.9 Å². The number of para-hydroxylation sites is 2. The Hall–Kier alpha value is -2.30. The molecule has 4 atom stereocenters. The topological polar surface area (TPSA) is 78.5 Å². The van der Waals surface area contributed by atoms with Crippen molar-refractivity contribution in [3.8, 4) is 5.75 Å². The molecule has 1 aromatic rings. The van der Waals surface area contributed by atoms with Gasteiger partial charge in [-0.05, 0) is 42.2 Å². The van der Waals surface area contributed by atoms with E-state index in [-0.39, 0.29) is 23.2 Å². The molecule has 1 N–H and O–H groups in total. The van der Waals surface area contributed by atoms with Crippen molar-refractivity contribution in [2.24, 2.45) is 29.1 Å². The Balaban J connectivity index is 1.63. The zero-order valence-corrected chi connectivity index (χ0v) is 12.8. The summed E-state index contributed by atoms with van der Waals surface area (Å²) in [5.74, 6) is -2.17. The van der Waals surface area contributed by atoms with Crippen LogP contribution in [-0.2, 0) is 9.59 Å². The average Bonchev–Trinajstić information content (AvgIpc) is 3.21. The van der Waals surface area contributed by atoms with Crippen molar-refractivity contribution in [3.63, 3.8) is 0 Å². The Morgan fingerprint density at radius 2 is 1.83 bits per heavy atom. The molecule has 3 aliphatic rings. The number of carbonyl (C=O) groups is 2. The van der Waals surface area contributed by atoms with Crippen LogP contribution in [0.4, 0.5) is 5.69 Å². The number of carboxylic acids is 1. The number of carboxylic acid groups (broad SMARTS) is 1. The van der Waals surface area contributed by atoms with Gasteiger partial charge in [-0.3, -0.25) is 4.79 Å². The monoisotopic (exact) mass is 312 g/mol. The van der Waals surface area contributed by atoms with Crippen LogP contribution in [0.5, 0.6) is 5.75 Å². The number of aliphatic carboxylic acids is 1. The second kappa shape index (κ2) is 4.85. The number of anilines is 1. The number of hydrogen-bond acceptors (Lipinski definition) is 4. The summed E-state index contributed by atoms with van der Waals surface area (Å²) in [6, 6.07) is 7.13. The van der Waals surface area contributed by atoms with Crippen molar-refractivity contribution in [3.05, 3.63) is 36.4 Å². The van der Waals surface area contributed by atoms with Gasteiger partial charge in [0.05, 0.1) is 18.7 Å². The number of allylic oxidation sites excluding steroid dienone is 2. The Bertz CT molecular complexity index is 707. The molecule has 2 bridgehead atoms. The van der Waals surface area contributed by atoms with Crippen LogP contribution in [0.15, 0.2) is 36.4 Å². The normalized spacial score (nSPS) is 32.0. The van der Waals surface area contributed by atoms with Gasteiger partial charge in [-0.25, -0.2) is 0 Å². The first kappa shape index (κ1) is 14.3. The average molecular weight is 312 g/mol. The van der Waals surface area contributed by atoms with Crippen molar-refractivity contribution in [1.82, 2.24) is 0 Å². The maximum Gasteiger partial charge on any atom is 0.228 e. The van der Waals surface area contributed by atoms with Crippen molar-refractivity contribution in [2.75, 3.05) is 12.4 Å². The maximum atomic E-state index is 12.8. The van der Waals surface area contributed by atoms with Gasteiger partial charge < -0.3 is 20.0 Å². The fraction of sp³-hybridized carbons (Fsp3) is 0.444. The van der Waals surface area contributed by atoms with E-state index in [2.05, 4.69) is 5.32 Å². The first-order valence-corrected chi connectivity index (χ1v) is 7.91. The molecule has 5 nitrogen and oxygen atoms in total. The number of nitrogens with one attached hydrogen (secondary N) is 1. The van der Waals surface area contributed by atoms with Gasteiger partial charge in [0.2, 0.25) is 5.91 Å². The number of hydrogen-bond donors (Lipinski definition) is 1. The predicted octanol–water partition coefficient (Wildman–Crippen LogP) is 1.21. The van der Waals surface area contributed by atoms with Gasteiger partial charge >= 0.3 is 0 Å². The molecule has 0 heterocycles. The predicted molar refractivity (Wildman–Crippen MR) is 81.4 cm³/mol. The maximum absolute atomic E-state index is 12.8. The van der Waals surface area contributed by atoms with Gasteiger partial charge in [0.1, 0.15) is 5.75 Å². The molecule has 1 amide bonds. The van der Waals surface area contributed by atoms with E-state index in [0.29, 0.717) is 11.4 Å². The minimum absolute atomic E-state index is 0.00473. The van der Waals surface area contributed by atoms with Crippen LogP contribution in [0, 0.1) is 29.1 Å². The quantitative estimate of drug-likeness (QED) is 0.848. The lowest BCUT2D eigenvalue weighted by atomic mass is 9.82. The molecule has 1 spiro atoms. The molecule has 23 heavy (non-hydrogen) atoms. The van der Waals surface area contributed by atoms with Gasteiger partial charge in [-0.1, -0.05) is 24.3 Å². The fourth-order valence-corrected chi connectivity index (χ4v) is 4.64. The minimum Gasteiger partial charge on any atom is -0.550 e. The van der Waals surface area contributed by atoms with Crippen LogP contribution in [-0.4, -0.2) is 19.0 Å². The van der Waals surface area contributed by atoms with Crippen molar-refractivity contribution in [2.45, 2.75) is 12.8 Å². The van der Waals surface area contributed by atoms with Crippen molar-refractivity contribution in [1.29, 1.82) is 0 Å². The summed E-state index contributed by atoms with van der Waals surface area (Å²) in [4.78, 5) is 24.5. The zero-order chi connectivity index (χ0) is 16.2. The number of ether oxygens (including phenoxy) is 1. The molecule has 2 fully saturated rings. The molecule has 0 radical (unpaired) electrons. The Labute approximate surface area is 134 Å². The van der Waals surface area contributed by atoms with Crippen LogP contribution < -0.4 is 15.2 Å². The van der Waals surface area contributed by atoms with Gasteiger partial charge in [-0.15, -0.1) is 0 Å². The van der Waals surface area contributed by atoms with E-state index in [1.165, 1.54) is 7.11 Å². The Morgan fingerprint density at radius 3 is 2.43 bits per heavy atom. The molecular formula is C18H18NO4-. The van der Waals surface area contributed by atoms with Crippen LogP contribution in [0.2, 0.25) is 0 Å². The first-order valence-electron chi connectivity index (χ1n) is 7.91. The molecule has 0 saturated heterocycles. The van der Waals surface area contributed by atoms with E-state index in [0.717, 1.165) is 12.8 Å². The summed E-state index contributed by atoms with van der Waals surface area (Å²) in [6.07, 6.45) is 6.00. The summed E-state index contributed by atoms with van der Waals surface area (Å²) >= 11 is 0. The zero-order valence-electron chi connectivity index (χ0n) is 12.8. The summed E-state index contributed by atoms with van der Waals surface area (Å²) in [7, 11) is 1.54. The van der Waals surface area contributed by atoms with Crippen LogP contribution in [0.25, 0.3) is 0 Å². The van der Waals surface area contributed by atoms with E-state index in [1.807, 2.05) is 18.2 Å². The van der Waals surface area contributed by atoms with E-state index in [9.17, 15) is 14.7 Å². The molecule has 0 unspecified atom stereocenters. The smallest absolute Gasteiger partial charge is 0.228 e. The highest BCUT2D eigenvalue weighted by atomic mass is 16.5. The van der Waals surface area contributed by atoms with Gasteiger partial charge in [0.15, 0.2) is 0 Å². The van der Waals surface area contributed by atoms with E-state index < -0.39 is 17.8 Å². The number of methoxy groups -OCH3 is 1. The lowest BCUT2D eigenvalue weighted by Gasteiger charge is -2.27. The molecule has 1 aromatic carbocycles. The second-order valence-electron chi connectivity index (χ2n) is 6.73. The van der Waals surface area contributed by atoms with Crippen LogP contribution in [0.3, 0.4) is 0 Å². The molecule has 4 rings (SSSR count). The van der Waals surface area contributed by atoms with Crippen LogP contribution >= 0.6 is 0 Å². The van der Waals surface area contributed by atoms with Crippen molar-refractivity contribution < 1.29 is 19.4 Å². The number of carbonyl (C=O) groups excluding carboxylic acids is 2. The summed E-state index contributed by atoms with van der Waals surface area (Å²) in [5, 5.41) is 14.5. The molecule has 0 aliphatic heterocycles. The summed E-state index contributed by atoms with van der Waals surface area (Å²) < 4.78 is 5.24. The Morgan fingerprint density at radius 1 is 1.17 bits per heavy atom. The third-order valence-corrected chi connectivity index (χ3v) is 5.78. The third kappa shape index (κ3) is 1.92. The highest BCUT2D eigenvalue weighted by Crippen LogP contribution is 2.71. The van der Waals surface area contributed by atoms with E-state index in [1.54, 1.807) is 18.2 Å². The van der Waals surface area contributed by atoms with E-state index >= 15 is 0 Å². The van der Waals surface area contributed by atoms with E-state index in [4.69, 9.17) is 4.74 Å². The number of benzene rings is 1. The number of amides is 1. The summed E-state index contributed by atoms with van der Waals surface area (Å²) in [6.45, 7) is 0.